The molecule has 0 radical (unpaired) electrons. The maximum absolute atomic E-state index is 13.0. The number of aryl methyl sites for hydroxylation is 1. The monoisotopic (exact) mass is 448 g/mol. The van der Waals surface area contributed by atoms with Crippen LogP contribution in [0.1, 0.15) is 25.0 Å². The molecule has 0 bridgehead atoms. The van der Waals surface area contributed by atoms with E-state index in [0.717, 1.165) is 83.0 Å². The number of amides is 1. The molecular weight excluding hydrogens is 416 g/mol. The number of rotatable bonds is 6. The van der Waals surface area contributed by atoms with Crippen LogP contribution >= 0.6 is 0 Å². The Kier molecular flexibility index (Phi) is 6.75. The van der Waals surface area contributed by atoms with E-state index in [9.17, 15) is 4.79 Å². The van der Waals surface area contributed by atoms with Crippen molar-refractivity contribution < 1.29 is 18.7 Å². The van der Waals surface area contributed by atoms with Crippen molar-refractivity contribution in [1.29, 1.82) is 0 Å². The van der Waals surface area contributed by atoms with E-state index in [1.807, 2.05) is 43.0 Å². The lowest BCUT2D eigenvalue weighted by Crippen LogP contribution is -2.48. The van der Waals surface area contributed by atoms with Gasteiger partial charge in [-0.25, -0.2) is 0 Å². The average molecular weight is 449 g/mol. The first-order valence-corrected chi connectivity index (χ1v) is 11.4. The molecule has 3 aromatic rings. The fraction of sp³-hybridized carbons (Fsp3) is 0.370. The molecule has 0 aliphatic carbocycles. The topological polar surface area (TPSA) is 55.2 Å². The zero-order chi connectivity index (χ0) is 23.5. The van der Waals surface area contributed by atoms with E-state index in [-0.39, 0.29) is 5.91 Å². The van der Waals surface area contributed by atoms with Crippen molar-refractivity contribution in [2.75, 3.05) is 46.9 Å². The van der Waals surface area contributed by atoms with Gasteiger partial charge in [0.2, 0.25) is 5.91 Å². The number of methoxy groups -OCH3 is 2. The molecule has 0 saturated carbocycles. The van der Waals surface area contributed by atoms with E-state index in [2.05, 4.69) is 17.9 Å². The Hall–Kier alpha value is -3.25. The highest BCUT2D eigenvalue weighted by Gasteiger charge is 2.21. The van der Waals surface area contributed by atoms with E-state index >= 15 is 0 Å². The zero-order valence-electron chi connectivity index (χ0n) is 20.1. The lowest BCUT2D eigenvalue weighted by Gasteiger charge is -2.33. The van der Waals surface area contributed by atoms with Gasteiger partial charge in [-0.2, -0.15) is 0 Å². The quantitative estimate of drug-likeness (QED) is 0.497. The number of carbonyl (C=O) groups is 1. The molecule has 1 aromatic heterocycles. The highest BCUT2D eigenvalue weighted by atomic mass is 16.5. The normalized spacial score (nSPS) is 15.2. The molecule has 1 aliphatic heterocycles. The largest absolute Gasteiger partial charge is 0.497 e. The van der Waals surface area contributed by atoms with Crippen LogP contribution in [0.4, 0.5) is 0 Å². The number of hydrogen-bond donors (Lipinski definition) is 0. The molecule has 1 aliphatic rings. The fourth-order valence-electron chi connectivity index (χ4n) is 4.50. The SMILES string of the molecule is CCN1CCN(C(=O)/C=C(\C)c2cc3c(-c4ccc(OC)cc4)coc3c(C)c2OC)CC1. The Bertz CT molecular complexity index is 1170. The lowest BCUT2D eigenvalue weighted by molar-refractivity contribution is -0.127. The minimum Gasteiger partial charge on any atom is -0.497 e. The van der Waals surface area contributed by atoms with Crippen molar-refractivity contribution >= 4 is 22.4 Å². The van der Waals surface area contributed by atoms with Crippen molar-refractivity contribution in [3.05, 3.63) is 53.8 Å². The van der Waals surface area contributed by atoms with Gasteiger partial charge in [-0.05, 0) is 49.7 Å². The van der Waals surface area contributed by atoms with Crippen LogP contribution in [0, 0.1) is 6.92 Å². The molecule has 4 rings (SSSR count). The van der Waals surface area contributed by atoms with Gasteiger partial charge in [0, 0.05) is 54.3 Å². The summed E-state index contributed by atoms with van der Waals surface area (Å²) in [6, 6.07) is 9.98. The highest BCUT2D eigenvalue weighted by molar-refractivity contribution is 6.01. The zero-order valence-corrected chi connectivity index (χ0v) is 20.1. The van der Waals surface area contributed by atoms with Crippen LogP contribution in [0.3, 0.4) is 0 Å². The summed E-state index contributed by atoms with van der Waals surface area (Å²) in [6.07, 6.45) is 3.51. The molecule has 33 heavy (non-hydrogen) atoms. The summed E-state index contributed by atoms with van der Waals surface area (Å²) in [5, 5.41) is 0.991. The van der Waals surface area contributed by atoms with Crippen molar-refractivity contribution in [2.45, 2.75) is 20.8 Å². The summed E-state index contributed by atoms with van der Waals surface area (Å²) in [5.41, 5.74) is 5.52. The van der Waals surface area contributed by atoms with Gasteiger partial charge < -0.3 is 23.7 Å². The summed E-state index contributed by atoms with van der Waals surface area (Å²) < 4.78 is 17.0. The Labute approximate surface area is 195 Å². The van der Waals surface area contributed by atoms with Gasteiger partial charge in [-0.1, -0.05) is 19.1 Å². The Morgan fingerprint density at radius 3 is 2.39 bits per heavy atom. The molecule has 2 aromatic carbocycles. The Morgan fingerprint density at radius 1 is 1.09 bits per heavy atom. The third kappa shape index (κ3) is 4.48. The van der Waals surface area contributed by atoms with Gasteiger partial charge >= 0.3 is 0 Å². The van der Waals surface area contributed by atoms with E-state index < -0.39 is 0 Å². The molecule has 0 N–H and O–H groups in total. The number of hydrogen-bond acceptors (Lipinski definition) is 5. The first-order valence-electron chi connectivity index (χ1n) is 11.4. The standard InChI is InChI=1S/C27H32N2O4/c1-6-28-11-13-29(14-12-28)25(30)15-18(2)22-16-23-24(20-7-9-21(31-4)10-8-20)17-33-27(23)19(3)26(22)32-5/h7-10,15-17H,6,11-14H2,1-5H3/b18-15+. The molecule has 2 heterocycles. The number of piperazine rings is 1. The number of benzene rings is 2. The number of likely N-dealkylation sites (N-methyl/N-ethyl adjacent to an activating group) is 1. The molecule has 6 nitrogen and oxygen atoms in total. The predicted octanol–water partition coefficient (Wildman–Crippen LogP) is 4.99. The van der Waals surface area contributed by atoms with Gasteiger partial charge in [0.15, 0.2) is 0 Å². The first-order chi connectivity index (χ1) is 16.0. The minimum absolute atomic E-state index is 0.0469. The van der Waals surface area contributed by atoms with E-state index in [0.29, 0.717) is 0 Å². The van der Waals surface area contributed by atoms with Crippen molar-refractivity contribution in [3.8, 4) is 22.6 Å². The third-order valence-corrected chi connectivity index (χ3v) is 6.55. The molecule has 0 spiro atoms. The Balaban J connectivity index is 1.71. The second-order valence-corrected chi connectivity index (χ2v) is 8.42. The van der Waals surface area contributed by atoms with Gasteiger partial charge in [0.05, 0.1) is 20.5 Å². The second-order valence-electron chi connectivity index (χ2n) is 8.42. The van der Waals surface area contributed by atoms with E-state index in [1.165, 1.54) is 0 Å². The van der Waals surface area contributed by atoms with Gasteiger partial charge in [0.25, 0.3) is 0 Å². The maximum atomic E-state index is 13.0. The van der Waals surface area contributed by atoms with Crippen LogP contribution in [-0.4, -0.2) is 62.7 Å². The smallest absolute Gasteiger partial charge is 0.246 e. The highest BCUT2D eigenvalue weighted by Crippen LogP contribution is 2.40. The summed E-state index contributed by atoms with van der Waals surface area (Å²) >= 11 is 0. The second kappa shape index (κ2) is 9.71. The number of allylic oxidation sites excluding steroid dienone is 1. The fourth-order valence-corrected chi connectivity index (χ4v) is 4.50. The van der Waals surface area contributed by atoms with E-state index in [4.69, 9.17) is 13.9 Å². The molecule has 1 saturated heterocycles. The first kappa shape index (κ1) is 22.9. The minimum atomic E-state index is 0.0469. The Morgan fingerprint density at radius 2 is 1.79 bits per heavy atom. The number of nitrogens with zero attached hydrogens (tertiary/aromatic N) is 2. The van der Waals surface area contributed by atoms with Crippen molar-refractivity contribution in [1.82, 2.24) is 9.80 Å². The maximum Gasteiger partial charge on any atom is 0.246 e. The molecule has 1 amide bonds. The van der Waals surface area contributed by atoms with Crippen LogP contribution in [-0.2, 0) is 4.79 Å². The number of furan rings is 1. The van der Waals surface area contributed by atoms with Crippen molar-refractivity contribution in [3.63, 3.8) is 0 Å². The number of fused-ring (bicyclic) bond motifs is 1. The summed E-state index contributed by atoms with van der Waals surface area (Å²) in [7, 11) is 3.31. The van der Waals surface area contributed by atoms with Crippen molar-refractivity contribution in [2.24, 2.45) is 0 Å². The van der Waals surface area contributed by atoms with E-state index in [1.54, 1.807) is 26.6 Å². The molecule has 174 valence electrons. The molecule has 0 atom stereocenters. The number of carbonyl (C=O) groups excluding carboxylic acids is 1. The number of ether oxygens (including phenoxy) is 2. The van der Waals surface area contributed by atoms with Gasteiger partial charge in [0.1, 0.15) is 17.1 Å². The lowest BCUT2D eigenvalue weighted by atomic mass is 9.96. The summed E-state index contributed by atoms with van der Waals surface area (Å²) in [6.45, 7) is 10.5. The molecule has 0 unspecified atom stereocenters. The average Bonchev–Trinajstić information content (AvgIpc) is 3.28. The predicted molar refractivity (Wildman–Crippen MR) is 132 cm³/mol. The van der Waals surface area contributed by atoms with Gasteiger partial charge in [-0.3, -0.25) is 4.79 Å². The van der Waals surface area contributed by atoms with Crippen LogP contribution in [0.15, 0.2) is 47.1 Å². The van der Waals surface area contributed by atoms with Crippen LogP contribution in [0.2, 0.25) is 0 Å². The molecular formula is C27H32N2O4. The third-order valence-electron chi connectivity index (χ3n) is 6.55. The van der Waals surface area contributed by atoms with Crippen LogP contribution in [0.25, 0.3) is 27.7 Å². The van der Waals surface area contributed by atoms with Gasteiger partial charge in [-0.15, -0.1) is 0 Å². The van der Waals surface area contributed by atoms with Crippen LogP contribution < -0.4 is 9.47 Å². The summed E-state index contributed by atoms with van der Waals surface area (Å²) in [5.74, 6) is 1.59. The molecule has 1 fully saturated rings. The molecule has 6 heteroatoms. The van der Waals surface area contributed by atoms with Crippen LogP contribution in [0.5, 0.6) is 11.5 Å². The summed E-state index contributed by atoms with van der Waals surface area (Å²) in [4.78, 5) is 17.3.